The SMILES string of the molecule is CC1Cc2cc(/C(O)=C3/C(=O)C(=O)N(CCN(C)C)C3c3cccc(Oc4ccccc4)c3)ccc2O1. The number of ketones is 1. The Morgan fingerprint density at radius 3 is 2.54 bits per heavy atom. The molecule has 7 nitrogen and oxygen atoms in total. The zero-order chi connectivity index (χ0) is 26.1. The summed E-state index contributed by atoms with van der Waals surface area (Å²) in [6.07, 6.45) is 0.770. The van der Waals surface area contributed by atoms with Gasteiger partial charge in [0.25, 0.3) is 11.7 Å². The monoisotopic (exact) mass is 498 g/mol. The first-order valence-corrected chi connectivity index (χ1v) is 12.4. The Morgan fingerprint density at radius 1 is 1.03 bits per heavy atom. The number of benzene rings is 3. The van der Waals surface area contributed by atoms with E-state index in [0.717, 1.165) is 17.7 Å². The summed E-state index contributed by atoms with van der Waals surface area (Å²) < 4.78 is 11.8. The number of Topliss-reactive ketones (excluding diaryl/α,β-unsaturated/α-hetero) is 1. The third kappa shape index (κ3) is 4.95. The highest BCUT2D eigenvalue weighted by molar-refractivity contribution is 6.46. The topological polar surface area (TPSA) is 79.3 Å². The predicted octanol–water partition coefficient (Wildman–Crippen LogP) is 4.79. The average Bonchev–Trinajstić information content (AvgIpc) is 3.38. The number of para-hydroxylation sites is 1. The number of aliphatic hydroxyl groups excluding tert-OH is 1. The van der Waals surface area contributed by atoms with Crippen molar-refractivity contribution in [1.29, 1.82) is 0 Å². The van der Waals surface area contributed by atoms with Crippen LogP contribution in [-0.4, -0.2) is 59.9 Å². The molecule has 0 bridgehead atoms. The first-order chi connectivity index (χ1) is 17.8. The Labute approximate surface area is 216 Å². The van der Waals surface area contributed by atoms with Gasteiger partial charge in [-0.15, -0.1) is 0 Å². The summed E-state index contributed by atoms with van der Waals surface area (Å²) in [4.78, 5) is 30.0. The zero-order valence-corrected chi connectivity index (χ0v) is 21.2. The van der Waals surface area contributed by atoms with Crippen LogP contribution in [0, 0.1) is 0 Å². The number of fused-ring (bicyclic) bond motifs is 1. The molecule has 3 aromatic carbocycles. The highest BCUT2D eigenvalue weighted by Gasteiger charge is 2.46. The molecule has 7 heteroatoms. The van der Waals surface area contributed by atoms with E-state index in [2.05, 4.69) is 0 Å². The lowest BCUT2D eigenvalue weighted by Gasteiger charge is -2.27. The van der Waals surface area contributed by atoms with E-state index in [1.807, 2.05) is 86.6 Å². The van der Waals surface area contributed by atoms with Crippen LogP contribution in [0.5, 0.6) is 17.2 Å². The van der Waals surface area contributed by atoms with Gasteiger partial charge in [-0.05, 0) is 74.6 Å². The largest absolute Gasteiger partial charge is 0.507 e. The molecule has 3 aromatic rings. The van der Waals surface area contributed by atoms with Gasteiger partial charge in [-0.3, -0.25) is 9.59 Å². The number of carbonyl (C=O) groups is 2. The van der Waals surface area contributed by atoms with Crippen molar-refractivity contribution in [3.63, 3.8) is 0 Å². The summed E-state index contributed by atoms with van der Waals surface area (Å²) in [6.45, 7) is 2.89. The van der Waals surface area contributed by atoms with E-state index < -0.39 is 17.7 Å². The van der Waals surface area contributed by atoms with Crippen molar-refractivity contribution in [3.05, 3.63) is 95.1 Å². The number of likely N-dealkylation sites (tertiary alicyclic amines) is 1. The summed E-state index contributed by atoms with van der Waals surface area (Å²) >= 11 is 0. The fourth-order valence-corrected chi connectivity index (χ4v) is 4.86. The molecule has 0 aromatic heterocycles. The highest BCUT2D eigenvalue weighted by atomic mass is 16.5. The lowest BCUT2D eigenvalue weighted by molar-refractivity contribution is -0.140. The molecule has 1 N–H and O–H groups in total. The second kappa shape index (κ2) is 10.1. The van der Waals surface area contributed by atoms with E-state index in [4.69, 9.17) is 9.47 Å². The Balaban J connectivity index is 1.58. The number of likely N-dealkylation sites (N-methyl/N-ethyl adjacent to an activating group) is 1. The molecule has 1 saturated heterocycles. The molecule has 5 rings (SSSR count). The van der Waals surface area contributed by atoms with E-state index in [1.165, 1.54) is 4.90 Å². The third-order valence-electron chi connectivity index (χ3n) is 6.65. The Kier molecular flexibility index (Phi) is 6.72. The second-order valence-electron chi connectivity index (χ2n) is 9.74. The lowest BCUT2D eigenvalue weighted by atomic mass is 9.94. The molecule has 190 valence electrons. The van der Waals surface area contributed by atoms with Gasteiger partial charge in [-0.1, -0.05) is 30.3 Å². The van der Waals surface area contributed by atoms with Gasteiger partial charge in [-0.2, -0.15) is 0 Å². The smallest absolute Gasteiger partial charge is 0.295 e. The van der Waals surface area contributed by atoms with Crippen molar-refractivity contribution in [3.8, 4) is 17.2 Å². The second-order valence-corrected chi connectivity index (χ2v) is 9.74. The maximum absolute atomic E-state index is 13.3. The lowest BCUT2D eigenvalue weighted by Crippen LogP contribution is -2.35. The van der Waals surface area contributed by atoms with Crippen molar-refractivity contribution in [2.75, 3.05) is 27.2 Å². The van der Waals surface area contributed by atoms with E-state index in [9.17, 15) is 14.7 Å². The third-order valence-corrected chi connectivity index (χ3v) is 6.65. The molecule has 2 heterocycles. The Hall–Kier alpha value is -4.10. The molecule has 0 aliphatic carbocycles. The van der Waals surface area contributed by atoms with Crippen molar-refractivity contribution in [2.45, 2.75) is 25.5 Å². The van der Waals surface area contributed by atoms with Crippen LogP contribution in [-0.2, 0) is 16.0 Å². The van der Waals surface area contributed by atoms with Crippen LogP contribution in [0.2, 0.25) is 0 Å². The number of aliphatic hydroxyl groups is 1. The van der Waals surface area contributed by atoms with E-state index in [1.54, 1.807) is 12.1 Å². The molecule has 1 fully saturated rings. The Bertz CT molecular complexity index is 1370. The first-order valence-electron chi connectivity index (χ1n) is 12.4. The van der Waals surface area contributed by atoms with Crippen LogP contribution >= 0.6 is 0 Å². The molecule has 37 heavy (non-hydrogen) atoms. The van der Waals surface area contributed by atoms with Gasteiger partial charge in [0.1, 0.15) is 29.1 Å². The first kappa shape index (κ1) is 24.6. The van der Waals surface area contributed by atoms with Crippen LogP contribution in [0.1, 0.15) is 29.7 Å². The molecule has 0 saturated carbocycles. The molecular weight excluding hydrogens is 468 g/mol. The van der Waals surface area contributed by atoms with Gasteiger partial charge in [0.15, 0.2) is 0 Å². The van der Waals surface area contributed by atoms with Crippen molar-refractivity contribution in [2.24, 2.45) is 0 Å². The fourth-order valence-electron chi connectivity index (χ4n) is 4.86. The van der Waals surface area contributed by atoms with E-state index in [0.29, 0.717) is 35.7 Å². The quantitative estimate of drug-likeness (QED) is 0.287. The molecule has 2 atom stereocenters. The van der Waals surface area contributed by atoms with Gasteiger partial charge >= 0.3 is 0 Å². The molecular formula is C30H30N2O5. The number of carbonyl (C=O) groups excluding carboxylic acids is 2. The van der Waals surface area contributed by atoms with Crippen LogP contribution in [0.25, 0.3) is 5.76 Å². The van der Waals surface area contributed by atoms with Gasteiger partial charge < -0.3 is 24.4 Å². The maximum Gasteiger partial charge on any atom is 0.295 e. The summed E-state index contributed by atoms with van der Waals surface area (Å²) in [5, 5.41) is 11.4. The van der Waals surface area contributed by atoms with Gasteiger partial charge in [0.05, 0.1) is 11.6 Å². The minimum Gasteiger partial charge on any atom is -0.507 e. The number of rotatable bonds is 7. The highest BCUT2D eigenvalue weighted by Crippen LogP contribution is 2.41. The maximum atomic E-state index is 13.3. The van der Waals surface area contributed by atoms with Crippen molar-refractivity contribution >= 4 is 17.4 Å². The Morgan fingerprint density at radius 2 is 1.78 bits per heavy atom. The summed E-state index contributed by atoms with van der Waals surface area (Å²) in [7, 11) is 3.82. The molecule has 2 aliphatic heterocycles. The molecule has 1 amide bonds. The predicted molar refractivity (Wildman–Crippen MR) is 141 cm³/mol. The molecule has 0 spiro atoms. The van der Waals surface area contributed by atoms with Crippen molar-refractivity contribution in [1.82, 2.24) is 9.80 Å². The van der Waals surface area contributed by atoms with E-state index >= 15 is 0 Å². The standard InChI is InChI=1S/C30H30N2O5/c1-19-16-22-17-21(12-13-25(22)36-19)28(33)26-27(32(15-14-31(2)3)30(35)29(26)34)20-8-7-11-24(18-20)37-23-9-5-4-6-10-23/h4-13,17-19,27,33H,14-16H2,1-3H3/b28-26-. The number of hydrogen-bond acceptors (Lipinski definition) is 6. The van der Waals surface area contributed by atoms with Crippen LogP contribution in [0.4, 0.5) is 0 Å². The number of amides is 1. The summed E-state index contributed by atoms with van der Waals surface area (Å²) in [5.74, 6) is 0.522. The van der Waals surface area contributed by atoms with Gasteiger partial charge in [0, 0.05) is 25.1 Å². The fraction of sp³-hybridized carbons (Fsp3) is 0.267. The minimum absolute atomic E-state index is 0.0522. The van der Waals surface area contributed by atoms with Crippen LogP contribution < -0.4 is 9.47 Å². The molecule has 0 radical (unpaired) electrons. The minimum atomic E-state index is -0.747. The molecule has 2 aliphatic rings. The van der Waals surface area contributed by atoms with Gasteiger partial charge in [-0.25, -0.2) is 0 Å². The summed E-state index contributed by atoms with van der Waals surface area (Å²) in [6, 6.07) is 21.3. The molecule has 2 unspecified atom stereocenters. The van der Waals surface area contributed by atoms with Crippen LogP contribution in [0.3, 0.4) is 0 Å². The number of ether oxygens (including phenoxy) is 2. The van der Waals surface area contributed by atoms with E-state index in [-0.39, 0.29) is 17.4 Å². The average molecular weight is 499 g/mol. The number of hydrogen-bond donors (Lipinski definition) is 1. The zero-order valence-electron chi connectivity index (χ0n) is 21.2. The summed E-state index contributed by atoms with van der Waals surface area (Å²) in [5.41, 5.74) is 2.22. The van der Waals surface area contributed by atoms with Gasteiger partial charge in [0.2, 0.25) is 0 Å². The van der Waals surface area contributed by atoms with Crippen molar-refractivity contribution < 1.29 is 24.2 Å². The van der Waals surface area contributed by atoms with Crippen LogP contribution in [0.15, 0.2) is 78.4 Å². The normalized spacial score (nSPS) is 20.3. The number of nitrogens with zero attached hydrogens (tertiary/aromatic N) is 2.